The number of likely N-dealkylation sites (N-methyl/N-ethyl adjacent to an activating group) is 1. The Morgan fingerprint density at radius 3 is 2.81 bits per heavy atom. The molecule has 2 rings (SSSR count). The third-order valence-electron chi connectivity index (χ3n) is 3.32. The van der Waals surface area contributed by atoms with Crippen molar-refractivity contribution in [3.05, 3.63) is 34.9 Å². The van der Waals surface area contributed by atoms with Crippen LogP contribution in [0.5, 0.6) is 0 Å². The molecule has 1 aromatic rings. The molecule has 1 aromatic carbocycles. The normalized spacial score (nSPS) is 22.2. The lowest BCUT2D eigenvalue weighted by atomic mass is 10.0. The molecule has 0 saturated carbocycles. The fourth-order valence-electron chi connectivity index (χ4n) is 2.17. The Morgan fingerprint density at radius 1 is 1.38 bits per heavy atom. The first-order valence-corrected chi connectivity index (χ1v) is 6.29. The van der Waals surface area contributed by atoms with E-state index < -0.39 is 0 Å². The molecule has 1 fully saturated rings. The standard InChI is InChI=1S/C13H19ClN2/c1-16-9-8-15-10-13(16)7-4-11-2-5-12(14)6-3-11/h2-3,5-6,13,15H,4,7-10H2,1H3. The van der Waals surface area contributed by atoms with Crippen molar-refractivity contribution in [2.45, 2.75) is 18.9 Å². The van der Waals surface area contributed by atoms with Crippen LogP contribution in [0.4, 0.5) is 0 Å². The molecular formula is C13H19ClN2. The van der Waals surface area contributed by atoms with Gasteiger partial charge in [-0.3, -0.25) is 0 Å². The van der Waals surface area contributed by atoms with E-state index in [0.29, 0.717) is 6.04 Å². The minimum absolute atomic E-state index is 0.671. The van der Waals surface area contributed by atoms with Gasteiger partial charge in [0.05, 0.1) is 0 Å². The summed E-state index contributed by atoms with van der Waals surface area (Å²) in [5, 5.41) is 4.27. The molecule has 0 aliphatic carbocycles. The van der Waals surface area contributed by atoms with Crippen molar-refractivity contribution in [3.8, 4) is 0 Å². The quantitative estimate of drug-likeness (QED) is 0.869. The topological polar surface area (TPSA) is 15.3 Å². The van der Waals surface area contributed by atoms with Crippen molar-refractivity contribution >= 4 is 11.6 Å². The van der Waals surface area contributed by atoms with Crippen molar-refractivity contribution in [3.63, 3.8) is 0 Å². The number of nitrogens with zero attached hydrogens (tertiary/aromatic N) is 1. The molecule has 0 spiro atoms. The Bertz CT molecular complexity index is 323. The summed E-state index contributed by atoms with van der Waals surface area (Å²) in [7, 11) is 2.22. The number of hydrogen-bond donors (Lipinski definition) is 1. The van der Waals surface area contributed by atoms with E-state index in [4.69, 9.17) is 11.6 Å². The Hall–Kier alpha value is -0.570. The van der Waals surface area contributed by atoms with Crippen molar-refractivity contribution < 1.29 is 0 Å². The van der Waals surface area contributed by atoms with Crippen LogP contribution >= 0.6 is 11.6 Å². The van der Waals surface area contributed by atoms with Crippen molar-refractivity contribution in [2.75, 3.05) is 26.7 Å². The molecule has 1 N–H and O–H groups in total. The van der Waals surface area contributed by atoms with E-state index in [0.717, 1.165) is 31.1 Å². The number of hydrogen-bond acceptors (Lipinski definition) is 2. The number of nitrogens with one attached hydrogen (secondary N) is 1. The summed E-state index contributed by atoms with van der Waals surface area (Å²) in [5.41, 5.74) is 1.38. The van der Waals surface area contributed by atoms with Crippen LogP contribution in [0.2, 0.25) is 5.02 Å². The summed E-state index contributed by atoms with van der Waals surface area (Å²) < 4.78 is 0. The summed E-state index contributed by atoms with van der Waals surface area (Å²) >= 11 is 5.87. The van der Waals surface area contributed by atoms with E-state index in [2.05, 4.69) is 29.4 Å². The molecule has 1 aliphatic heterocycles. The minimum Gasteiger partial charge on any atom is -0.314 e. The minimum atomic E-state index is 0.671. The molecule has 1 saturated heterocycles. The predicted molar refractivity (Wildman–Crippen MR) is 69.1 cm³/mol. The predicted octanol–water partition coefficient (Wildman–Crippen LogP) is 2.18. The molecule has 1 unspecified atom stereocenters. The number of piperazine rings is 1. The van der Waals surface area contributed by atoms with Gasteiger partial charge in [0.1, 0.15) is 0 Å². The Morgan fingerprint density at radius 2 is 2.12 bits per heavy atom. The zero-order valence-corrected chi connectivity index (χ0v) is 10.5. The second-order valence-electron chi connectivity index (χ2n) is 4.50. The van der Waals surface area contributed by atoms with Gasteiger partial charge in [-0.25, -0.2) is 0 Å². The molecular weight excluding hydrogens is 220 g/mol. The van der Waals surface area contributed by atoms with Crippen LogP contribution in [0, 0.1) is 0 Å². The van der Waals surface area contributed by atoms with Gasteiger partial charge in [0, 0.05) is 30.7 Å². The summed E-state index contributed by atoms with van der Waals surface area (Å²) in [4.78, 5) is 2.45. The highest BCUT2D eigenvalue weighted by atomic mass is 35.5. The third kappa shape index (κ3) is 3.21. The van der Waals surface area contributed by atoms with Crippen LogP contribution < -0.4 is 5.32 Å². The highest BCUT2D eigenvalue weighted by Gasteiger charge is 2.17. The van der Waals surface area contributed by atoms with Crippen LogP contribution in [0.25, 0.3) is 0 Å². The highest BCUT2D eigenvalue weighted by molar-refractivity contribution is 6.30. The van der Waals surface area contributed by atoms with Crippen LogP contribution in [0.3, 0.4) is 0 Å². The maximum absolute atomic E-state index is 5.87. The molecule has 0 bridgehead atoms. The molecule has 1 aliphatic rings. The maximum Gasteiger partial charge on any atom is 0.0406 e. The lowest BCUT2D eigenvalue weighted by molar-refractivity contribution is 0.191. The largest absolute Gasteiger partial charge is 0.314 e. The summed E-state index contributed by atoms with van der Waals surface area (Å²) in [6.07, 6.45) is 2.35. The van der Waals surface area contributed by atoms with Crippen LogP contribution in [0.1, 0.15) is 12.0 Å². The van der Waals surface area contributed by atoms with Crippen LogP contribution in [-0.2, 0) is 6.42 Å². The van der Waals surface area contributed by atoms with Gasteiger partial charge in [-0.15, -0.1) is 0 Å². The molecule has 1 heterocycles. The van der Waals surface area contributed by atoms with Gasteiger partial charge >= 0.3 is 0 Å². The van der Waals surface area contributed by atoms with Gasteiger partial charge in [0.2, 0.25) is 0 Å². The van der Waals surface area contributed by atoms with Crippen molar-refractivity contribution in [2.24, 2.45) is 0 Å². The molecule has 88 valence electrons. The molecule has 1 atom stereocenters. The first kappa shape index (κ1) is 11.9. The van der Waals surface area contributed by atoms with Gasteiger partial charge in [0.25, 0.3) is 0 Å². The van der Waals surface area contributed by atoms with E-state index >= 15 is 0 Å². The van der Waals surface area contributed by atoms with Crippen molar-refractivity contribution in [1.29, 1.82) is 0 Å². The highest BCUT2D eigenvalue weighted by Crippen LogP contribution is 2.13. The van der Waals surface area contributed by atoms with Crippen LogP contribution in [0.15, 0.2) is 24.3 Å². The van der Waals surface area contributed by atoms with E-state index in [9.17, 15) is 0 Å². The molecule has 3 heteroatoms. The monoisotopic (exact) mass is 238 g/mol. The lowest BCUT2D eigenvalue weighted by Gasteiger charge is -2.33. The van der Waals surface area contributed by atoms with E-state index in [1.165, 1.54) is 12.0 Å². The van der Waals surface area contributed by atoms with E-state index in [-0.39, 0.29) is 0 Å². The average Bonchev–Trinajstić information content (AvgIpc) is 2.30. The smallest absolute Gasteiger partial charge is 0.0406 e. The molecule has 16 heavy (non-hydrogen) atoms. The van der Waals surface area contributed by atoms with Gasteiger partial charge in [-0.1, -0.05) is 23.7 Å². The number of aryl methyl sites for hydroxylation is 1. The molecule has 0 aromatic heterocycles. The van der Waals surface area contributed by atoms with Crippen LogP contribution in [-0.4, -0.2) is 37.6 Å². The van der Waals surface area contributed by atoms with Gasteiger partial charge in [0.15, 0.2) is 0 Å². The second kappa shape index (κ2) is 5.67. The first-order valence-electron chi connectivity index (χ1n) is 5.91. The Labute approximate surface area is 103 Å². The fourth-order valence-corrected chi connectivity index (χ4v) is 2.30. The average molecular weight is 239 g/mol. The summed E-state index contributed by atoms with van der Waals surface area (Å²) in [6.45, 7) is 3.39. The number of halogens is 1. The third-order valence-corrected chi connectivity index (χ3v) is 3.58. The number of rotatable bonds is 3. The Balaban J connectivity index is 1.84. The van der Waals surface area contributed by atoms with Gasteiger partial charge in [-0.05, 0) is 37.6 Å². The zero-order chi connectivity index (χ0) is 11.4. The van der Waals surface area contributed by atoms with Crippen molar-refractivity contribution in [1.82, 2.24) is 10.2 Å². The Kier molecular flexibility index (Phi) is 4.22. The van der Waals surface area contributed by atoms with Gasteiger partial charge < -0.3 is 10.2 Å². The SMILES string of the molecule is CN1CCNCC1CCc1ccc(Cl)cc1. The fraction of sp³-hybridized carbons (Fsp3) is 0.538. The van der Waals surface area contributed by atoms with E-state index in [1.54, 1.807) is 0 Å². The maximum atomic E-state index is 5.87. The molecule has 2 nitrogen and oxygen atoms in total. The zero-order valence-electron chi connectivity index (χ0n) is 9.75. The summed E-state index contributed by atoms with van der Waals surface area (Å²) in [6, 6.07) is 8.86. The lowest BCUT2D eigenvalue weighted by Crippen LogP contribution is -2.49. The summed E-state index contributed by atoms with van der Waals surface area (Å²) in [5.74, 6) is 0. The number of benzene rings is 1. The molecule has 0 radical (unpaired) electrons. The molecule has 0 amide bonds. The van der Waals surface area contributed by atoms with E-state index in [1.807, 2.05) is 12.1 Å². The first-order chi connectivity index (χ1) is 7.75. The second-order valence-corrected chi connectivity index (χ2v) is 4.94. The van der Waals surface area contributed by atoms with Gasteiger partial charge in [-0.2, -0.15) is 0 Å².